The lowest BCUT2D eigenvalue weighted by molar-refractivity contribution is -0.125. The standard InChI is InChI=1S/C17H20N2O3/c1-11-4-5-13(8-12(11)2)16(21)22-9-15(20)19-17(3,10-18)14-6-7-14/h4-5,8,14H,6-7,9H2,1-3H3,(H,19,20)/t17-/m0/s1. The molecular formula is C17H20N2O3. The van der Waals surface area contributed by atoms with Gasteiger partial charge in [-0.05, 0) is 62.8 Å². The topological polar surface area (TPSA) is 79.2 Å². The van der Waals surface area contributed by atoms with E-state index in [4.69, 9.17) is 4.74 Å². The van der Waals surface area contributed by atoms with Gasteiger partial charge in [-0.1, -0.05) is 6.07 Å². The third-order valence-corrected chi connectivity index (χ3v) is 4.10. The predicted molar refractivity (Wildman–Crippen MR) is 81.1 cm³/mol. The second kappa shape index (κ2) is 6.18. The molecule has 5 heteroatoms. The van der Waals surface area contributed by atoms with Crippen molar-refractivity contribution in [3.8, 4) is 6.07 Å². The van der Waals surface area contributed by atoms with E-state index in [9.17, 15) is 14.9 Å². The zero-order valence-electron chi connectivity index (χ0n) is 13.1. The average molecular weight is 300 g/mol. The number of aryl methyl sites for hydroxylation is 2. The highest BCUT2D eigenvalue weighted by Gasteiger charge is 2.43. The Balaban J connectivity index is 1.89. The summed E-state index contributed by atoms with van der Waals surface area (Å²) >= 11 is 0. The maximum absolute atomic E-state index is 11.9. The Morgan fingerprint density at radius 2 is 2.05 bits per heavy atom. The Kier molecular flexibility index (Phi) is 4.51. The lowest BCUT2D eigenvalue weighted by atomic mass is 9.98. The summed E-state index contributed by atoms with van der Waals surface area (Å²) in [5.74, 6) is -0.798. The number of hydrogen-bond donors (Lipinski definition) is 1. The fourth-order valence-electron chi connectivity index (χ4n) is 2.29. The van der Waals surface area contributed by atoms with Gasteiger partial charge in [0, 0.05) is 0 Å². The Morgan fingerprint density at radius 3 is 2.59 bits per heavy atom. The van der Waals surface area contributed by atoms with Gasteiger partial charge in [-0.15, -0.1) is 0 Å². The van der Waals surface area contributed by atoms with Crippen LogP contribution in [0.5, 0.6) is 0 Å². The molecule has 1 fully saturated rings. The van der Waals surface area contributed by atoms with Crippen LogP contribution in [0.15, 0.2) is 18.2 Å². The minimum atomic E-state index is -0.871. The lowest BCUT2D eigenvalue weighted by Gasteiger charge is -2.22. The summed E-state index contributed by atoms with van der Waals surface area (Å²) in [6.07, 6.45) is 1.87. The number of nitriles is 1. The van der Waals surface area contributed by atoms with E-state index in [0.29, 0.717) is 5.56 Å². The molecule has 0 bridgehead atoms. The molecule has 1 aromatic rings. The Labute approximate surface area is 130 Å². The summed E-state index contributed by atoms with van der Waals surface area (Å²) in [5.41, 5.74) is 1.62. The number of nitrogens with zero attached hydrogens (tertiary/aromatic N) is 1. The van der Waals surface area contributed by atoms with Crippen LogP contribution in [0.2, 0.25) is 0 Å². The Hall–Kier alpha value is -2.35. The van der Waals surface area contributed by atoms with Crippen molar-refractivity contribution >= 4 is 11.9 Å². The molecule has 22 heavy (non-hydrogen) atoms. The van der Waals surface area contributed by atoms with Crippen LogP contribution in [-0.2, 0) is 9.53 Å². The van der Waals surface area contributed by atoms with Crippen molar-refractivity contribution < 1.29 is 14.3 Å². The van der Waals surface area contributed by atoms with Crippen LogP contribution in [0.3, 0.4) is 0 Å². The van der Waals surface area contributed by atoms with Crippen LogP contribution in [0, 0.1) is 31.1 Å². The average Bonchev–Trinajstić information content (AvgIpc) is 3.32. The second-order valence-electron chi connectivity index (χ2n) is 6.01. The number of carbonyl (C=O) groups excluding carboxylic acids is 2. The summed E-state index contributed by atoms with van der Waals surface area (Å²) < 4.78 is 5.01. The fraction of sp³-hybridized carbons (Fsp3) is 0.471. The molecule has 0 heterocycles. The Bertz CT molecular complexity index is 644. The molecule has 1 aromatic carbocycles. The molecule has 2 rings (SSSR count). The number of amides is 1. The minimum absolute atomic E-state index is 0.192. The van der Waals surface area contributed by atoms with E-state index in [1.165, 1.54) is 0 Å². The van der Waals surface area contributed by atoms with Gasteiger partial charge in [-0.3, -0.25) is 4.79 Å². The van der Waals surface area contributed by atoms with Crippen molar-refractivity contribution in [3.05, 3.63) is 34.9 Å². The molecule has 0 saturated heterocycles. The molecule has 1 aliphatic carbocycles. The molecule has 0 spiro atoms. The van der Waals surface area contributed by atoms with E-state index < -0.39 is 17.4 Å². The minimum Gasteiger partial charge on any atom is -0.452 e. The number of nitrogens with one attached hydrogen (secondary N) is 1. The highest BCUT2D eigenvalue weighted by molar-refractivity contribution is 5.91. The number of hydrogen-bond acceptors (Lipinski definition) is 4. The summed E-state index contributed by atoms with van der Waals surface area (Å²) in [7, 11) is 0. The number of rotatable bonds is 5. The van der Waals surface area contributed by atoms with E-state index in [1.807, 2.05) is 19.9 Å². The number of carbonyl (C=O) groups is 2. The number of ether oxygens (including phenoxy) is 1. The van der Waals surface area contributed by atoms with Crippen molar-refractivity contribution in [2.75, 3.05) is 6.61 Å². The monoisotopic (exact) mass is 300 g/mol. The maximum atomic E-state index is 11.9. The van der Waals surface area contributed by atoms with Crippen LogP contribution >= 0.6 is 0 Å². The zero-order valence-corrected chi connectivity index (χ0v) is 13.1. The second-order valence-corrected chi connectivity index (χ2v) is 6.01. The van der Waals surface area contributed by atoms with Crippen LogP contribution in [-0.4, -0.2) is 24.0 Å². The van der Waals surface area contributed by atoms with Crippen LogP contribution < -0.4 is 5.32 Å². The third kappa shape index (κ3) is 3.64. The summed E-state index contributed by atoms with van der Waals surface area (Å²) in [6, 6.07) is 7.38. The molecule has 116 valence electrons. The molecule has 0 radical (unpaired) electrons. The molecule has 0 aromatic heterocycles. The molecule has 0 unspecified atom stereocenters. The van der Waals surface area contributed by atoms with E-state index in [0.717, 1.165) is 24.0 Å². The van der Waals surface area contributed by atoms with E-state index in [-0.39, 0.29) is 12.5 Å². The predicted octanol–water partition coefficient (Wildman–Crippen LogP) is 2.27. The first kappa shape index (κ1) is 16.0. The van der Waals surface area contributed by atoms with Crippen molar-refractivity contribution in [3.63, 3.8) is 0 Å². The first-order chi connectivity index (χ1) is 10.4. The quantitative estimate of drug-likeness (QED) is 0.846. The van der Waals surface area contributed by atoms with Gasteiger partial charge in [0.1, 0.15) is 5.54 Å². The first-order valence-corrected chi connectivity index (χ1v) is 7.32. The highest BCUT2D eigenvalue weighted by Crippen LogP contribution is 2.39. The summed E-state index contributed by atoms with van der Waals surface area (Å²) in [5, 5.41) is 11.8. The number of benzene rings is 1. The van der Waals surface area contributed by atoms with E-state index in [1.54, 1.807) is 19.1 Å². The summed E-state index contributed by atoms with van der Waals surface area (Å²) in [4.78, 5) is 23.8. The molecule has 1 amide bonds. The third-order valence-electron chi connectivity index (χ3n) is 4.10. The van der Waals surface area contributed by atoms with Crippen molar-refractivity contribution in [1.29, 1.82) is 5.26 Å². The smallest absolute Gasteiger partial charge is 0.338 e. The highest BCUT2D eigenvalue weighted by atomic mass is 16.5. The molecule has 1 aliphatic rings. The van der Waals surface area contributed by atoms with Crippen LogP contribution in [0.1, 0.15) is 41.3 Å². The largest absolute Gasteiger partial charge is 0.452 e. The van der Waals surface area contributed by atoms with Crippen molar-refractivity contribution in [1.82, 2.24) is 5.32 Å². The molecular weight excluding hydrogens is 280 g/mol. The summed E-state index contributed by atoms with van der Waals surface area (Å²) in [6.45, 7) is 5.19. The van der Waals surface area contributed by atoms with Gasteiger partial charge in [-0.25, -0.2) is 4.79 Å². The zero-order chi connectivity index (χ0) is 16.3. The lowest BCUT2D eigenvalue weighted by Crippen LogP contribution is -2.48. The molecule has 1 saturated carbocycles. The molecule has 1 N–H and O–H groups in total. The molecule has 5 nitrogen and oxygen atoms in total. The van der Waals surface area contributed by atoms with Crippen LogP contribution in [0.25, 0.3) is 0 Å². The van der Waals surface area contributed by atoms with Gasteiger partial charge >= 0.3 is 5.97 Å². The van der Waals surface area contributed by atoms with Gasteiger partial charge < -0.3 is 10.1 Å². The van der Waals surface area contributed by atoms with Crippen molar-refractivity contribution in [2.45, 2.75) is 39.2 Å². The molecule has 1 atom stereocenters. The van der Waals surface area contributed by atoms with Crippen molar-refractivity contribution in [2.24, 2.45) is 5.92 Å². The fourth-order valence-corrected chi connectivity index (χ4v) is 2.29. The van der Waals surface area contributed by atoms with Gasteiger partial charge in [0.15, 0.2) is 6.61 Å². The van der Waals surface area contributed by atoms with E-state index >= 15 is 0 Å². The van der Waals surface area contributed by atoms with Gasteiger partial charge in [0.25, 0.3) is 5.91 Å². The van der Waals surface area contributed by atoms with Gasteiger partial charge in [0.05, 0.1) is 11.6 Å². The first-order valence-electron chi connectivity index (χ1n) is 7.32. The van der Waals surface area contributed by atoms with Gasteiger partial charge in [0.2, 0.25) is 0 Å². The Morgan fingerprint density at radius 1 is 1.36 bits per heavy atom. The maximum Gasteiger partial charge on any atom is 0.338 e. The SMILES string of the molecule is Cc1ccc(C(=O)OCC(=O)N[C@@](C)(C#N)C2CC2)cc1C. The van der Waals surface area contributed by atoms with E-state index in [2.05, 4.69) is 11.4 Å². The normalized spacial score (nSPS) is 16.3. The molecule has 0 aliphatic heterocycles. The van der Waals surface area contributed by atoms with Crippen LogP contribution in [0.4, 0.5) is 0 Å². The number of esters is 1. The van der Waals surface area contributed by atoms with Gasteiger partial charge in [-0.2, -0.15) is 5.26 Å².